The number of carbonyl (C=O) groups excluding carboxylic acids is 2. The molecular weight excluding hydrogens is 456 g/mol. The standard InChI is InChI=1S/C26H21ClN2O5/c1-33-24(30)26(32)13-15-12-16(27)10-11-17(15)23(26)28-29-25(31)34-14-22-20-8-4-2-6-18(20)19-7-3-5-9-21(19)22/h2-12,22,32H,13-14H2,1H3,(H,29,31)/b28-23+/t26-/m1/s1. The third kappa shape index (κ3) is 3.63. The molecule has 0 bridgehead atoms. The van der Waals surface area contributed by atoms with E-state index >= 15 is 0 Å². The minimum Gasteiger partial charge on any atom is -0.467 e. The fourth-order valence-corrected chi connectivity index (χ4v) is 4.94. The summed E-state index contributed by atoms with van der Waals surface area (Å²) in [6.45, 7) is 0.109. The van der Waals surface area contributed by atoms with Crippen molar-refractivity contribution < 1.29 is 24.2 Å². The molecule has 0 saturated carbocycles. The summed E-state index contributed by atoms with van der Waals surface area (Å²) in [6, 6.07) is 20.9. The Bertz CT molecular complexity index is 1290. The molecule has 0 aromatic heterocycles. The molecule has 7 nitrogen and oxygen atoms in total. The van der Waals surface area contributed by atoms with E-state index in [0.29, 0.717) is 16.1 Å². The summed E-state index contributed by atoms with van der Waals surface area (Å²) in [4.78, 5) is 24.9. The van der Waals surface area contributed by atoms with Gasteiger partial charge in [-0.1, -0.05) is 66.2 Å². The van der Waals surface area contributed by atoms with Gasteiger partial charge in [-0.25, -0.2) is 15.0 Å². The van der Waals surface area contributed by atoms with Gasteiger partial charge in [-0.2, -0.15) is 5.10 Å². The van der Waals surface area contributed by atoms with E-state index in [4.69, 9.17) is 21.1 Å². The van der Waals surface area contributed by atoms with Crippen LogP contribution >= 0.6 is 11.6 Å². The van der Waals surface area contributed by atoms with Gasteiger partial charge in [-0.05, 0) is 39.9 Å². The normalized spacial score (nSPS) is 19.3. The Morgan fingerprint density at radius 1 is 1.06 bits per heavy atom. The van der Waals surface area contributed by atoms with Gasteiger partial charge < -0.3 is 14.6 Å². The van der Waals surface area contributed by atoms with E-state index in [1.54, 1.807) is 18.2 Å². The second-order valence-corrected chi connectivity index (χ2v) is 8.66. The lowest BCUT2D eigenvalue weighted by molar-refractivity contribution is -0.154. The Kier molecular flexibility index (Phi) is 5.59. The van der Waals surface area contributed by atoms with Crippen molar-refractivity contribution in [1.82, 2.24) is 5.43 Å². The largest absolute Gasteiger partial charge is 0.467 e. The second kappa shape index (κ2) is 8.59. The molecule has 0 radical (unpaired) electrons. The number of amides is 1. The number of fused-ring (bicyclic) bond motifs is 4. The number of rotatable bonds is 4. The number of aliphatic hydroxyl groups is 1. The summed E-state index contributed by atoms with van der Waals surface area (Å²) >= 11 is 6.05. The van der Waals surface area contributed by atoms with Crippen LogP contribution in [0.5, 0.6) is 0 Å². The van der Waals surface area contributed by atoms with Crippen molar-refractivity contribution in [2.75, 3.05) is 13.7 Å². The Morgan fingerprint density at radius 2 is 1.71 bits per heavy atom. The summed E-state index contributed by atoms with van der Waals surface area (Å²) in [5.74, 6) is -0.986. The highest BCUT2D eigenvalue weighted by Crippen LogP contribution is 2.44. The van der Waals surface area contributed by atoms with Crippen LogP contribution in [0.25, 0.3) is 11.1 Å². The van der Waals surface area contributed by atoms with Crippen molar-refractivity contribution in [1.29, 1.82) is 0 Å². The molecule has 0 aliphatic heterocycles. The van der Waals surface area contributed by atoms with Gasteiger partial charge >= 0.3 is 12.1 Å². The summed E-state index contributed by atoms with van der Waals surface area (Å²) in [7, 11) is 1.17. The molecule has 0 unspecified atom stereocenters. The average Bonchev–Trinajstić information content (AvgIpc) is 3.32. The quantitative estimate of drug-likeness (QED) is 0.437. The third-order valence-electron chi connectivity index (χ3n) is 6.29. The predicted octanol–water partition coefficient (Wildman–Crippen LogP) is 4.04. The fraction of sp³-hybridized carbons (Fsp3) is 0.192. The number of hydrogen-bond acceptors (Lipinski definition) is 6. The van der Waals surface area contributed by atoms with Crippen LogP contribution in [0, 0.1) is 0 Å². The maximum atomic E-state index is 12.5. The zero-order valence-electron chi connectivity index (χ0n) is 18.2. The molecule has 3 aromatic carbocycles. The van der Waals surface area contributed by atoms with E-state index in [0.717, 1.165) is 22.3 Å². The number of halogens is 1. The molecule has 3 aromatic rings. The van der Waals surface area contributed by atoms with Gasteiger partial charge in [0.2, 0.25) is 5.60 Å². The Morgan fingerprint density at radius 3 is 2.35 bits per heavy atom. The first-order valence-electron chi connectivity index (χ1n) is 10.7. The zero-order chi connectivity index (χ0) is 23.9. The maximum absolute atomic E-state index is 12.5. The van der Waals surface area contributed by atoms with Crippen molar-refractivity contribution in [3.63, 3.8) is 0 Å². The highest BCUT2D eigenvalue weighted by molar-refractivity contribution is 6.31. The topological polar surface area (TPSA) is 97.2 Å². The van der Waals surface area contributed by atoms with Crippen LogP contribution in [0.15, 0.2) is 71.8 Å². The number of hydrazone groups is 1. The predicted molar refractivity (Wildman–Crippen MR) is 127 cm³/mol. The minimum absolute atomic E-state index is 0.0282. The highest BCUT2D eigenvalue weighted by atomic mass is 35.5. The number of methoxy groups -OCH3 is 1. The van der Waals surface area contributed by atoms with Gasteiger partial charge in [-0.3, -0.25) is 0 Å². The van der Waals surface area contributed by atoms with Crippen molar-refractivity contribution in [2.24, 2.45) is 5.10 Å². The van der Waals surface area contributed by atoms with E-state index in [-0.39, 0.29) is 24.7 Å². The van der Waals surface area contributed by atoms with Gasteiger partial charge in [0.25, 0.3) is 0 Å². The third-order valence-corrected chi connectivity index (χ3v) is 6.52. The zero-order valence-corrected chi connectivity index (χ0v) is 19.0. The number of ether oxygens (including phenoxy) is 2. The van der Waals surface area contributed by atoms with E-state index in [1.165, 1.54) is 7.11 Å². The number of esters is 1. The van der Waals surface area contributed by atoms with Gasteiger partial charge in [0.15, 0.2) is 0 Å². The molecule has 0 saturated heterocycles. The minimum atomic E-state index is -2.04. The molecule has 2 N–H and O–H groups in total. The Labute approximate surface area is 201 Å². The monoisotopic (exact) mass is 476 g/mol. The number of benzene rings is 3. The van der Waals surface area contributed by atoms with Crippen LogP contribution in [-0.4, -0.2) is 42.2 Å². The number of nitrogens with zero attached hydrogens (tertiary/aromatic N) is 1. The summed E-state index contributed by atoms with van der Waals surface area (Å²) < 4.78 is 10.3. The van der Waals surface area contributed by atoms with Crippen LogP contribution in [0.2, 0.25) is 5.02 Å². The lowest BCUT2D eigenvalue weighted by atomic mass is 9.98. The second-order valence-electron chi connectivity index (χ2n) is 8.23. The van der Waals surface area contributed by atoms with Crippen molar-refractivity contribution in [2.45, 2.75) is 17.9 Å². The highest BCUT2D eigenvalue weighted by Gasteiger charge is 2.49. The lowest BCUT2D eigenvalue weighted by Crippen LogP contribution is -2.46. The van der Waals surface area contributed by atoms with Crippen molar-refractivity contribution >= 4 is 29.4 Å². The van der Waals surface area contributed by atoms with Crippen molar-refractivity contribution in [3.8, 4) is 11.1 Å². The molecule has 2 aliphatic rings. The van der Waals surface area contributed by atoms with Crippen LogP contribution in [-0.2, 0) is 20.7 Å². The van der Waals surface area contributed by atoms with Gasteiger partial charge in [0.1, 0.15) is 12.3 Å². The number of hydrogen-bond donors (Lipinski definition) is 2. The first kappa shape index (κ1) is 22.1. The number of carbonyl (C=O) groups is 2. The first-order valence-corrected chi connectivity index (χ1v) is 11.1. The van der Waals surface area contributed by atoms with Crippen LogP contribution in [0.1, 0.15) is 28.2 Å². The molecule has 172 valence electrons. The molecule has 2 aliphatic carbocycles. The van der Waals surface area contributed by atoms with Gasteiger partial charge in [-0.15, -0.1) is 0 Å². The molecule has 5 rings (SSSR count). The van der Waals surface area contributed by atoms with Crippen LogP contribution in [0.3, 0.4) is 0 Å². The smallest absolute Gasteiger partial charge is 0.427 e. The Balaban J connectivity index is 1.35. The molecule has 8 heteroatoms. The van der Waals surface area contributed by atoms with E-state index < -0.39 is 17.7 Å². The molecule has 0 spiro atoms. The molecule has 0 heterocycles. The van der Waals surface area contributed by atoms with Crippen LogP contribution in [0.4, 0.5) is 4.79 Å². The van der Waals surface area contributed by atoms with E-state index in [9.17, 15) is 14.7 Å². The molecule has 34 heavy (non-hydrogen) atoms. The molecule has 1 atom stereocenters. The molecule has 0 fully saturated rings. The average molecular weight is 477 g/mol. The first-order chi connectivity index (χ1) is 16.4. The summed E-state index contributed by atoms with van der Waals surface area (Å²) in [5, 5.41) is 15.5. The fourth-order valence-electron chi connectivity index (χ4n) is 4.74. The SMILES string of the molecule is COC(=O)[C@@]1(O)Cc2cc(Cl)ccc2/C1=N\NC(=O)OCC1c2ccccc2-c2ccccc21. The molecule has 1 amide bonds. The maximum Gasteiger partial charge on any atom is 0.427 e. The van der Waals surface area contributed by atoms with Crippen LogP contribution < -0.4 is 5.43 Å². The number of nitrogens with one attached hydrogen (secondary N) is 1. The van der Waals surface area contributed by atoms with E-state index in [2.05, 4.69) is 22.7 Å². The van der Waals surface area contributed by atoms with Gasteiger partial charge in [0.05, 0.1) is 7.11 Å². The van der Waals surface area contributed by atoms with Gasteiger partial charge in [0, 0.05) is 22.9 Å². The summed E-state index contributed by atoms with van der Waals surface area (Å²) in [5.41, 5.74) is 5.78. The lowest BCUT2D eigenvalue weighted by Gasteiger charge is -2.20. The van der Waals surface area contributed by atoms with E-state index in [1.807, 2.05) is 36.4 Å². The summed E-state index contributed by atoms with van der Waals surface area (Å²) in [6.07, 6.45) is -0.871. The van der Waals surface area contributed by atoms with Crippen molar-refractivity contribution in [3.05, 3.63) is 94.0 Å². The molecular formula is C26H21ClN2O5. The Hall–Kier alpha value is -3.68.